The second-order valence-corrected chi connectivity index (χ2v) is 13.1. The molecule has 0 spiro atoms. The Morgan fingerprint density at radius 1 is 0.318 bits per heavy atom. The van der Waals surface area contributed by atoms with Crippen molar-refractivity contribution in [3.8, 4) is 11.1 Å². The molecule has 0 aliphatic rings. The average Bonchev–Trinajstić information content (AvgIpc) is 3.02. The third kappa shape index (κ3) is 23.3. The summed E-state index contributed by atoms with van der Waals surface area (Å²) in [5.41, 5.74) is 2.65. The first-order chi connectivity index (χ1) is 20.8. The van der Waals surface area contributed by atoms with E-state index in [2.05, 4.69) is 72.0 Å². The topological polar surface area (TPSA) is 7.76 Å². The minimum Gasteiger partial charge on any atom is -1.00 e. The summed E-state index contributed by atoms with van der Waals surface area (Å²) in [6.07, 6.45) is 45.9. The number of nitrogens with zero attached hydrogens (tertiary/aromatic N) is 2. The van der Waals surface area contributed by atoms with Gasteiger partial charge in [0.05, 0.1) is 0 Å². The van der Waals surface area contributed by atoms with Crippen molar-refractivity contribution in [3.05, 3.63) is 49.1 Å². The van der Waals surface area contributed by atoms with Crippen LogP contribution < -0.4 is 33.9 Å². The predicted octanol–water partition coefficient (Wildman–Crippen LogP) is 6.12. The molecule has 2 aromatic rings. The summed E-state index contributed by atoms with van der Waals surface area (Å²) in [7, 11) is 0. The first-order valence-electron chi connectivity index (χ1n) is 18.8. The van der Waals surface area contributed by atoms with Crippen LogP contribution in [-0.2, 0) is 13.1 Å². The van der Waals surface area contributed by atoms with E-state index >= 15 is 0 Å². The summed E-state index contributed by atoms with van der Waals surface area (Å²) < 4.78 is 4.72. The molecule has 0 radical (unpaired) electrons. The fourth-order valence-electron chi connectivity index (χ4n) is 6.22. The van der Waals surface area contributed by atoms with Crippen molar-refractivity contribution in [2.75, 3.05) is 0 Å². The monoisotopic (exact) mass is 648 g/mol. The number of unbranched alkanes of at least 4 members (excludes halogenated alkanes) is 24. The summed E-state index contributed by atoms with van der Waals surface area (Å²) in [6.45, 7) is 6.89. The largest absolute Gasteiger partial charge is 1.00 e. The molecule has 0 aromatic carbocycles. The van der Waals surface area contributed by atoms with Crippen LogP contribution in [0.2, 0.25) is 0 Å². The standard InChI is InChI=1S/C40H70N2.2ClH/c1-3-5-7-9-11-13-15-17-19-21-23-25-27-33-41-35-29-39(30-36-41)40-31-37-42(38-32-40)34-28-26-24-22-20-18-16-14-12-10-8-6-4-2;;/h29-32,35-38H,3-28,33-34H2,1-2H3;2*1H/q+2;;/p-2. The molecule has 0 saturated carbocycles. The lowest BCUT2D eigenvalue weighted by atomic mass is 10.0. The number of aryl methyl sites for hydroxylation is 2. The molecule has 44 heavy (non-hydrogen) atoms. The van der Waals surface area contributed by atoms with Crippen LogP contribution in [0.5, 0.6) is 0 Å². The molecule has 0 fully saturated rings. The Morgan fingerprint density at radius 2 is 0.523 bits per heavy atom. The Hall–Kier alpha value is -1.12. The number of rotatable bonds is 29. The second kappa shape index (κ2) is 31.8. The fourth-order valence-corrected chi connectivity index (χ4v) is 6.22. The van der Waals surface area contributed by atoms with Crippen molar-refractivity contribution in [1.29, 1.82) is 0 Å². The molecule has 4 heteroatoms. The number of halogens is 2. The van der Waals surface area contributed by atoms with Crippen LogP contribution in [0.25, 0.3) is 11.1 Å². The van der Waals surface area contributed by atoms with E-state index in [1.807, 2.05) is 0 Å². The molecule has 2 nitrogen and oxygen atoms in total. The lowest BCUT2D eigenvalue weighted by molar-refractivity contribution is -0.697. The highest BCUT2D eigenvalue weighted by atomic mass is 35.5. The highest BCUT2D eigenvalue weighted by Crippen LogP contribution is 2.17. The summed E-state index contributed by atoms with van der Waals surface area (Å²) in [5, 5.41) is 0. The zero-order chi connectivity index (χ0) is 29.8. The fraction of sp³-hybridized carbons (Fsp3) is 0.750. The molecule has 2 heterocycles. The zero-order valence-corrected chi connectivity index (χ0v) is 30.6. The van der Waals surface area contributed by atoms with E-state index in [1.165, 1.54) is 178 Å². The van der Waals surface area contributed by atoms with Gasteiger partial charge in [-0.2, -0.15) is 0 Å². The molecule has 254 valence electrons. The maximum atomic E-state index is 2.36. The van der Waals surface area contributed by atoms with E-state index in [4.69, 9.17) is 0 Å². The Morgan fingerprint density at radius 3 is 0.750 bits per heavy atom. The molecule has 2 aromatic heterocycles. The van der Waals surface area contributed by atoms with Gasteiger partial charge < -0.3 is 24.8 Å². The SMILES string of the molecule is CCCCCCCCCCCCCCC[n+]1ccc(-c2cc[n+](CCCCCCCCCCCCCCC)cc2)cc1.[Cl-].[Cl-]. The minimum absolute atomic E-state index is 0. The van der Waals surface area contributed by atoms with Crippen LogP contribution in [-0.4, -0.2) is 0 Å². The Balaban J connectivity index is 0.00000924. The molecular weight excluding hydrogens is 579 g/mol. The van der Waals surface area contributed by atoms with Crippen LogP contribution in [0, 0.1) is 0 Å². The van der Waals surface area contributed by atoms with Crippen LogP contribution in [0.15, 0.2) is 49.1 Å². The number of hydrogen-bond acceptors (Lipinski definition) is 0. The second-order valence-electron chi connectivity index (χ2n) is 13.1. The number of hydrogen-bond donors (Lipinski definition) is 0. The summed E-state index contributed by atoms with van der Waals surface area (Å²) in [6, 6.07) is 9.14. The van der Waals surface area contributed by atoms with Gasteiger partial charge in [-0.3, -0.25) is 0 Å². The normalized spacial score (nSPS) is 10.9. The van der Waals surface area contributed by atoms with E-state index in [-0.39, 0.29) is 24.8 Å². The van der Waals surface area contributed by atoms with Crippen LogP contribution >= 0.6 is 0 Å². The summed E-state index contributed by atoms with van der Waals surface area (Å²) in [4.78, 5) is 0. The van der Waals surface area contributed by atoms with Crippen molar-refractivity contribution in [1.82, 2.24) is 0 Å². The van der Waals surface area contributed by atoms with Gasteiger partial charge in [0.15, 0.2) is 24.8 Å². The van der Waals surface area contributed by atoms with Crippen molar-refractivity contribution >= 4 is 0 Å². The highest BCUT2D eigenvalue weighted by molar-refractivity contribution is 5.60. The van der Waals surface area contributed by atoms with E-state index in [9.17, 15) is 0 Å². The van der Waals surface area contributed by atoms with Gasteiger partial charge in [0.25, 0.3) is 0 Å². The van der Waals surface area contributed by atoms with E-state index in [0.717, 1.165) is 13.1 Å². The zero-order valence-electron chi connectivity index (χ0n) is 29.1. The van der Waals surface area contributed by atoms with Crippen molar-refractivity contribution in [3.63, 3.8) is 0 Å². The lowest BCUT2D eigenvalue weighted by Crippen LogP contribution is -3.00. The summed E-state index contributed by atoms with van der Waals surface area (Å²) in [5.74, 6) is 0. The van der Waals surface area contributed by atoms with Gasteiger partial charge in [-0.1, -0.05) is 155 Å². The van der Waals surface area contributed by atoms with Crippen LogP contribution in [0.3, 0.4) is 0 Å². The molecule has 0 aliphatic heterocycles. The number of aromatic nitrogens is 2. The van der Waals surface area contributed by atoms with Crippen molar-refractivity contribution in [2.24, 2.45) is 0 Å². The maximum Gasteiger partial charge on any atom is 0.169 e. The molecule has 0 bridgehead atoms. The van der Waals surface area contributed by atoms with Crippen molar-refractivity contribution in [2.45, 2.75) is 194 Å². The third-order valence-electron chi connectivity index (χ3n) is 9.16. The molecule has 0 aliphatic carbocycles. The van der Waals surface area contributed by atoms with Gasteiger partial charge in [-0.05, 0) is 24.0 Å². The highest BCUT2D eigenvalue weighted by Gasteiger charge is 2.06. The van der Waals surface area contributed by atoms with Gasteiger partial charge in [0.2, 0.25) is 0 Å². The van der Waals surface area contributed by atoms with E-state index < -0.39 is 0 Å². The van der Waals surface area contributed by atoms with Gasteiger partial charge in [0, 0.05) is 37.1 Å². The predicted molar refractivity (Wildman–Crippen MR) is 184 cm³/mol. The van der Waals surface area contributed by atoms with Crippen LogP contribution in [0.4, 0.5) is 0 Å². The van der Waals surface area contributed by atoms with E-state index in [0.29, 0.717) is 0 Å². The van der Waals surface area contributed by atoms with Gasteiger partial charge in [-0.25, -0.2) is 9.13 Å². The molecule has 2 rings (SSSR count). The van der Waals surface area contributed by atoms with E-state index in [1.54, 1.807) is 0 Å². The molecule has 0 amide bonds. The van der Waals surface area contributed by atoms with Crippen molar-refractivity contribution < 1.29 is 33.9 Å². The smallest absolute Gasteiger partial charge is 0.169 e. The Labute approximate surface area is 287 Å². The van der Waals surface area contributed by atoms with Gasteiger partial charge >= 0.3 is 0 Å². The lowest BCUT2D eigenvalue weighted by Gasteiger charge is -2.04. The van der Waals surface area contributed by atoms with Gasteiger partial charge in [0.1, 0.15) is 13.1 Å². The third-order valence-corrected chi connectivity index (χ3v) is 9.16. The number of pyridine rings is 2. The Bertz CT molecular complexity index is 766. The Kier molecular flexibility index (Phi) is 31.0. The first-order valence-corrected chi connectivity index (χ1v) is 18.8. The minimum atomic E-state index is 0. The average molecular weight is 650 g/mol. The molecule has 0 unspecified atom stereocenters. The molecule has 0 saturated heterocycles. The molecule has 0 atom stereocenters. The summed E-state index contributed by atoms with van der Waals surface area (Å²) >= 11 is 0. The molecular formula is C40H70Cl2N2. The quantitative estimate of drug-likeness (QED) is 0.0742. The first kappa shape index (κ1) is 42.9. The van der Waals surface area contributed by atoms with Crippen LogP contribution in [0.1, 0.15) is 181 Å². The maximum absolute atomic E-state index is 2.36. The molecule has 0 N–H and O–H groups in total. The van der Waals surface area contributed by atoms with Gasteiger partial charge in [-0.15, -0.1) is 0 Å².